The molecule has 0 aromatic heterocycles. The Morgan fingerprint density at radius 3 is 1.65 bits per heavy atom. The van der Waals surface area contributed by atoms with Crippen LogP contribution in [-0.2, 0) is 0 Å². The first-order valence-corrected chi connectivity index (χ1v) is 12.3. The summed E-state index contributed by atoms with van der Waals surface area (Å²) in [7, 11) is 0. The van der Waals surface area contributed by atoms with E-state index >= 15 is 0 Å². The zero-order valence-corrected chi connectivity index (χ0v) is 18.4. The van der Waals surface area contributed by atoms with Crippen molar-refractivity contribution in [2.45, 2.75) is 135 Å². The summed E-state index contributed by atoms with van der Waals surface area (Å²) >= 11 is 5.41. The molecule has 1 fully saturated rings. The molecule has 154 valence electrons. The smallest absolute Gasteiger partial charge is 0.166 e. The minimum Gasteiger partial charge on any atom is -0.363 e. The van der Waals surface area contributed by atoms with Gasteiger partial charge >= 0.3 is 0 Å². The highest BCUT2D eigenvalue weighted by molar-refractivity contribution is 7.80. The van der Waals surface area contributed by atoms with E-state index in [0.29, 0.717) is 6.04 Å². The maximum absolute atomic E-state index is 5.41. The van der Waals surface area contributed by atoms with Crippen LogP contribution < -0.4 is 10.6 Å². The summed E-state index contributed by atoms with van der Waals surface area (Å²) in [4.78, 5) is 0. The molecule has 2 N–H and O–H groups in total. The van der Waals surface area contributed by atoms with Crippen LogP contribution in [0.2, 0.25) is 0 Å². The maximum Gasteiger partial charge on any atom is 0.166 e. The molecule has 26 heavy (non-hydrogen) atoms. The Kier molecular flexibility index (Phi) is 16.5. The van der Waals surface area contributed by atoms with Crippen LogP contribution in [0.25, 0.3) is 0 Å². The van der Waals surface area contributed by atoms with Gasteiger partial charge in [0.05, 0.1) is 0 Å². The predicted molar refractivity (Wildman–Crippen MR) is 121 cm³/mol. The molecule has 0 atom stereocenters. The molecule has 1 rings (SSSR count). The van der Waals surface area contributed by atoms with Gasteiger partial charge < -0.3 is 10.6 Å². The second-order valence-electron chi connectivity index (χ2n) is 8.33. The number of hydrogen-bond donors (Lipinski definition) is 2. The number of thiocarbonyl (C=S) groups is 1. The Bertz CT molecular complexity index is 313. The summed E-state index contributed by atoms with van der Waals surface area (Å²) in [6.07, 6.45) is 26.5. The molecule has 0 heterocycles. The molecule has 0 amide bonds. The first kappa shape index (κ1) is 23.7. The van der Waals surface area contributed by atoms with E-state index < -0.39 is 0 Å². The first-order valence-electron chi connectivity index (χ1n) is 11.9. The standard InChI is InChI=1S/C23H46N2S/c1-2-3-4-5-6-7-8-9-10-11-12-13-14-18-21-24-23(26)25-22-19-16-15-17-20-22/h22H,2-21H2,1H3,(H2,24,25,26). The summed E-state index contributed by atoms with van der Waals surface area (Å²) in [6.45, 7) is 3.33. The molecular weight excluding hydrogens is 336 g/mol. The molecule has 0 saturated heterocycles. The normalized spacial score (nSPS) is 15.1. The Hall–Kier alpha value is -0.310. The van der Waals surface area contributed by atoms with Crippen molar-refractivity contribution in [3.8, 4) is 0 Å². The molecule has 0 aliphatic heterocycles. The van der Waals surface area contributed by atoms with Gasteiger partial charge in [0.2, 0.25) is 0 Å². The zero-order chi connectivity index (χ0) is 18.7. The maximum atomic E-state index is 5.41. The van der Waals surface area contributed by atoms with Crippen LogP contribution in [0.3, 0.4) is 0 Å². The van der Waals surface area contributed by atoms with Crippen LogP contribution >= 0.6 is 12.2 Å². The zero-order valence-electron chi connectivity index (χ0n) is 17.6. The molecule has 0 spiro atoms. The Balaban J connectivity index is 1.73. The van der Waals surface area contributed by atoms with E-state index in [1.807, 2.05) is 0 Å². The van der Waals surface area contributed by atoms with E-state index in [1.165, 1.54) is 122 Å². The Labute approximate surface area is 169 Å². The summed E-state index contributed by atoms with van der Waals surface area (Å²) in [5, 5.41) is 7.76. The first-order chi connectivity index (χ1) is 12.8. The number of unbranched alkanes of at least 4 members (excludes halogenated alkanes) is 13. The molecule has 3 heteroatoms. The fourth-order valence-electron chi connectivity index (χ4n) is 4.00. The number of hydrogen-bond acceptors (Lipinski definition) is 1. The van der Waals surface area contributed by atoms with Crippen molar-refractivity contribution < 1.29 is 0 Å². The third kappa shape index (κ3) is 14.8. The van der Waals surface area contributed by atoms with Gasteiger partial charge in [0.1, 0.15) is 0 Å². The Morgan fingerprint density at radius 2 is 1.15 bits per heavy atom. The quantitative estimate of drug-likeness (QED) is 0.217. The average molecular weight is 383 g/mol. The van der Waals surface area contributed by atoms with Crippen LogP contribution in [0.15, 0.2) is 0 Å². The molecular formula is C23H46N2S. The highest BCUT2D eigenvalue weighted by Gasteiger charge is 2.13. The van der Waals surface area contributed by atoms with Gasteiger partial charge in [-0.05, 0) is 31.5 Å². The second kappa shape index (κ2) is 18.1. The van der Waals surface area contributed by atoms with Crippen molar-refractivity contribution in [3.63, 3.8) is 0 Å². The van der Waals surface area contributed by atoms with Gasteiger partial charge in [-0.25, -0.2) is 0 Å². The van der Waals surface area contributed by atoms with Crippen LogP contribution in [0.1, 0.15) is 129 Å². The highest BCUT2D eigenvalue weighted by Crippen LogP contribution is 2.17. The van der Waals surface area contributed by atoms with Crippen molar-refractivity contribution in [1.29, 1.82) is 0 Å². The van der Waals surface area contributed by atoms with Crippen molar-refractivity contribution >= 4 is 17.3 Å². The highest BCUT2D eigenvalue weighted by atomic mass is 32.1. The SMILES string of the molecule is CCCCCCCCCCCCCCCCNC(=S)NC1CCCCC1. The molecule has 1 saturated carbocycles. The van der Waals surface area contributed by atoms with Crippen molar-refractivity contribution in [1.82, 2.24) is 10.6 Å². The molecule has 0 aromatic rings. The number of nitrogens with one attached hydrogen (secondary N) is 2. The second-order valence-corrected chi connectivity index (χ2v) is 8.74. The molecule has 0 bridgehead atoms. The predicted octanol–water partition coefficient (Wildman–Crippen LogP) is 7.26. The topological polar surface area (TPSA) is 24.1 Å². The van der Waals surface area contributed by atoms with Gasteiger partial charge in [0, 0.05) is 12.6 Å². The van der Waals surface area contributed by atoms with Crippen LogP contribution in [-0.4, -0.2) is 17.7 Å². The van der Waals surface area contributed by atoms with Gasteiger partial charge in [-0.1, -0.05) is 110 Å². The van der Waals surface area contributed by atoms with Gasteiger partial charge in [0.25, 0.3) is 0 Å². The molecule has 2 nitrogen and oxygen atoms in total. The average Bonchev–Trinajstić information content (AvgIpc) is 2.65. The van der Waals surface area contributed by atoms with Crippen LogP contribution in [0, 0.1) is 0 Å². The lowest BCUT2D eigenvalue weighted by Gasteiger charge is -2.24. The van der Waals surface area contributed by atoms with E-state index in [2.05, 4.69) is 17.6 Å². The minimum atomic E-state index is 0.625. The Morgan fingerprint density at radius 1 is 0.692 bits per heavy atom. The third-order valence-electron chi connectivity index (χ3n) is 5.76. The lowest BCUT2D eigenvalue weighted by atomic mass is 9.96. The lowest BCUT2D eigenvalue weighted by Crippen LogP contribution is -2.42. The molecule has 1 aliphatic carbocycles. The lowest BCUT2D eigenvalue weighted by molar-refractivity contribution is 0.412. The van der Waals surface area contributed by atoms with E-state index in [1.54, 1.807) is 0 Å². The van der Waals surface area contributed by atoms with Gasteiger partial charge in [-0.2, -0.15) is 0 Å². The number of rotatable bonds is 16. The van der Waals surface area contributed by atoms with Crippen molar-refractivity contribution in [2.24, 2.45) is 0 Å². The summed E-state index contributed by atoms with van der Waals surface area (Å²) in [6, 6.07) is 0.625. The summed E-state index contributed by atoms with van der Waals surface area (Å²) in [5.74, 6) is 0. The van der Waals surface area contributed by atoms with Gasteiger partial charge in [0.15, 0.2) is 5.11 Å². The fraction of sp³-hybridized carbons (Fsp3) is 0.957. The fourth-order valence-corrected chi connectivity index (χ4v) is 4.27. The van der Waals surface area contributed by atoms with E-state index in [4.69, 9.17) is 12.2 Å². The van der Waals surface area contributed by atoms with Gasteiger partial charge in [-0.15, -0.1) is 0 Å². The van der Waals surface area contributed by atoms with E-state index in [9.17, 15) is 0 Å². The van der Waals surface area contributed by atoms with E-state index in [-0.39, 0.29) is 0 Å². The summed E-state index contributed by atoms with van der Waals surface area (Å²) < 4.78 is 0. The van der Waals surface area contributed by atoms with Crippen molar-refractivity contribution in [2.75, 3.05) is 6.54 Å². The molecule has 0 unspecified atom stereocenters. The largest absolute Gasteiger partial charge is 0.363 e. The van der Waals surface area contributed by atoms with Crippen molar-refractivity contribution in [3.05, 3.63) is 0 Å². The van der Waals surface area contributed by atoms with Gasteiger partial charge in [-0.3, -0.25) is 0 Å². The minimum absolute atomic E-state index is 0.625. The van der Waals surface area contributed by atoms with Crippen LogP contribution in [0.5, 0.6) is 0 Å². The third-order valence-corrected chi connectivity index (χ3v) is 6.02. The molecule has 1 aliphatic rings. The summed E-state index contributed by atoms with van der Waals surface area (Å²) in [5.41, 5.74) is 0. The van der Waals surface area contributed by atoms with Crippen LogP contribution in [0.4, 0.5) is 0 Å². The molecule has 0 radical (unpaired) electrons. The molecule has 0 aromatic carbocycles. The van der Waals surface area contributed by atoms with E-state index in [0.717, 1.165) is 11.7 Å². The monoisotopic (exact) mass is 382 g/mol.